The number of anilines is 1. The number of hydrogen-bond donors (Lipinski definition) is 9. The Balaban J connectivity index is 0.740. The number of nitrogens with one attached hydrogen (secondary N) is 5. The lowest BCUT2D eigenvalue weighted by Gasteiger charge is -2.35. The van der Waals surface area contributed by atoms with Gasteiger partial charge in [0.25, 0.3) is 11.4 Å². The van der Waals surface area contributed by atoms with Gasteiger partial charge in [-0.2, -0.15) is 0 Å². The van der Waals surface area contributed by atoms with Crippen molar-refractivity contribution in [1.29, 1.82) is 0 Å². The first-order valence-electron chi connectivity index (χ1n) is 29.1. The highest BCUT2D eigenvalue weighted by atomic mass is 32.1. The smallest absolute Gasteiger partial charge is 0.391 e. The first kappa shape index (κ1) is 62.9. The summed E-state index contributed by atoms with van der Waals surface area (Å²) >= 11 is 1.56. The van der Waals surface area contributed by atoms with Crippen LogP contribution in [0.4, 0.5) is 5.69 Å². The number of benzene rings is 4. The maximum atomic E-state index is 14.5. The molecule has 0 unspecified atom stereocenters. The second-order valence-electron chi connectivity index (χ2n) is 23.9. The average molecular weight is 1210 g/mol. The number of likely N-dealkylation sites (tertiary alicyclic amines) is 1. The van der Waals surface area contributed by atoms with Crippen LogP contribution in [0, 0.1) is 12.3 Å². The van der Waals surface area contributed by atoms with E-state index in [1.165, 1.54) is 29.2 Å². The molecule has 0 saturated carbocycles. The summed E-state index contributed by atoms with van der Waals surface area (Å²) in [6.45, 7) is 10.1. The quantitative estimate of drug-likeness (QED) is 0.0238. The zero-order valence-electron chi connectivity index (χ0n) is 49.0. The fraction of sp³-hybridized carbons (Fsp3) is 0.429. The van der Waals surface area contributed by atoms with Gasteiger partial charge in [0.15, 0.2) is 0 Å². The number of nitrogens with two attached hydrogens (primary N) is 1. The van der Waals surface area contributed by atoms with E-state index in [4.69, 9.17) is 10.5 Å². The van der Waals surface area contributed by atoms with E-state index in [0.29, 0.717) is 56.0 Å². The van der Waals surface area contributed by atoms with Crippen LogP contribution >= 0.6 is 18.9 Å². The van der Waals surface area contributed by atoms with Gasteiger partial charge in [-0.15, -0.1) is 11.3 Å². The number of para-hydroxylation sites is 1. The topological polar surface area (TPSA) is 316 Å². The number of aliphatic hydroxyl groups is 1. The summed E-state index contributed by atoms with van der Waals surface area (Å²) < 4.78 is 18.0. The molecule has 2 aromatic heterocycles. The van der Waals surface area contributed by atoms with Crippen LogP contribution in [0.15, 0.2) is 96.5 Å². The predicted octanol–water partition coefficient (Wildman–Crippen LogP) is 6.27. The molecule has 4 aromatic carbocycles. The summed E-state index contributed by atoms with van der Waals surface area (Å²) in [6, 6.07) is 24.0. The normalized spacial score (nSPS) is 18.6. The van der Waals surface area contributed by atoms with Crippen molar-refractivity contribution in [2.45, 2.75) is 154 Å². The third-order valence-electron chi connectivity index (χ3n) is 16.4. The van der Waals surface area contributed by atoms with Crippen LogP contribution in [0.25, 0.3) is 21.3 Å². The van der Waals surface area contributed by atoms with Gasteiger partial charge in [-0.1, -0.05) is 87.5 Å². The zero-order valence-corrected chi connectivity index (χ0v) is 50.7. The van der Waals surface area contributed by atoms with Crippen LogP contribution in [-0.2, 0) is 65.7 Å². The number of carbonyl (C=O) groups excluding carboxylic acids is 7. The number of aliphatic hydroxyl groups excluding tert-OH is 1. The molecule has 0 bridgehead atoms. The molecule has 10 N–H and O–H groups in total. The summed E-state index contributed by atoms with van der Waals surface area (Å²) in [5, 5.41) is 23.3. The minimum atomic E-state index is -5.01. The van der Waals surface area contributed by atoms with Crippen LogP contribution in [0.5, 0.6) is 0 Å². The fourth-order valence-electron chi connectivity index (χ4n) is 11.7. The van der Waals surface area contributed by atoms with E-state index < -0.39 is 72.6 Å². The molecule has 1 saturated heterocycles. The molecule has 86 heavy (non-hydrogen) atoms. The van der Waals surface area contributed by atoms with Gasteiger partial charge in [0.2, 0.25) is 29.5 Å². The number of fused-ring (bicyclic) bond motifs is 1. The Kier molecular flexibility index (Phi) is 19.7. The van der Waals surface area contributed by atoms with Crippen molar-refractivity contribution in [3.63, 3.8) is 0 Å². The highest BCUT2D eigenvalue weighted by molar-refractivity contribution is 7.70. The molecule has 21 nitrogen and oxygen atoms in total. The van der Waals surface area contributed by atoms with Gasteiger partial charge < -0.3 is 61.4 Å². The van der Waals surface area contributed by atoms with Crippen LogP contribution < -0.4 is 31.9 Å². The standard InChI is InChI=1S/C63H76N9O12PS/c1-36-56(86-35-66-36)42-19-17-39(18-20-42)31-65-59(77)52-30-47(73)33-72(52)61(79)57(63(3,4)5)70-54(75)12-7-6-9-38-13-15-40(16-14-38)34-84-37(2)48(25-26-53(64)74)69-60(78)51-29-43-11-8-10-41-21-23-46(32-71(51)55(41)43)67-58(76)50-28-45-27-44(22-24-49(45)68-50)62(80)85(81,82)83/h8,10-11,13-20,22,24,27-28,35,37,46-48,51-52,57,68,73H,6-7,9,12,21,23,25-26,29-34H2,1-5H3,(H2,64,74)(H,65,77)(H,67,76)(H,69,78)(H,70,75)(H2,81,82,83)/t37-,46+,47-,48+,51+,52+,57-/m1/s1. The Morgan fingerprint density at radius 3 is 2.29 bits per heavy atom. The number of unbranched alkanes of at least 4 members (excludes halogenated alkanes) is 1. The molecule has 23 heteroatoms. The molecule has 0 aliphatic carbocycles. The van der Waals surface area contributed by atoms with Crippen molar-refractivity contribution < 1.29 is 57.8 Å². The van der Waals surface area contributed by atoms with Crippen LogP contribution in [0.1, 0.15) is 127 Å². The third-order valence-corrected chi connectivity index (χ3v) is 18.2. The SMILES string of the molecule is Cc1ncsc1-c1ccc(CNC(=O)[C@@H]2C[C@@H](O)CN2C(=O)[C@@H](NC(=O)CCCCc2ccc(CO[C@H](C)[C@H](CCC(N)=O)NC(=O)[C@@H]3Cc4cccc5c4N3C[C@@H](NC(=O)c3cc4cc(C(=O)P(=O)(O)O)ccc4[nH]3)CC5)cc2)C(C)(C)C)cc1. The van der Waals surface area contributed by atoms with Gasteiger partial charge in [0.1, 0.15) is 23.8 Å². The second-order valence-corrected chi connectivity index (χ2v) is 26.3. The molecular formula is C63H76N9O12PS. The Morgan fingerprint density at radius 2 is 1.59 bits per heavy atom. The minimum absolute atomic E-state index is 0.0169. The number of rotatable bonds is 24. The summed E-state index contributed by atoms with van der Waals surface area (Å²) in [6.07, 6.45) is 2.72. The minimum Gasteiger partial charge on any atom is -0.391 e. The highest BCUT2D eigenvalue weighted by Gasteiger charge is 2.45. The lowest BCUT2D eigenvalue weighted by molar-refractivity contribution is -0.144. The number of aryl methyl sites for hydroxylation is 3. The highest BCUT2D eigenvalue weighted by Crippen LogP contribution is 2.41. The van der Waals surface area contributed by atoms with E-state index in [1.807, 2.05) is 106 Å². The number of primary amides is 1. The van der Waals surface area contributed by atoms with Crippen molar-refractivity contribution in [3.05, 3.63) is 141 Å². The van der Waals surface area contributed by atoms with E-state index in [2.05, 4.69) is 31.2 Å². The van der Waals surface area contributed by atoms with Gasteiger partial charge in [0, 0.05) is 73.5 Å². The number of amides is 6. The largest absolute Gasteiger partial charge is 0.396 e. The number of hydrogen-bond acceptors (Lipinski definition) is 13. The molecule has 5 heterocycles. The van der Waals surface area contributed by atoms with Gasteiger partial charge in [-0.05, 0) is 115 Å². The van der Waals surface area contributed by atoms with Crippen LogP contribution in [0.3, 0.4) is 0 Å². The molecule has 456 valence electrons. The molecule has 7 atom stereocenters. The summed E-state index contributed by atoms with van der Waals surface area (Å²) in [4.78, 5) is 124. The van der Waals surface area contributed by atoms with Gasteiger partial charge >= 0.3 is 7.60 Å². The van der Waals surface area contributed by atoms with Gasteiger partial charge in [-0.25, -0.2) is 4.98 Å². The van der Waals surface area contributed by atoms with E-state index in [9.17, 15) is 53.0 Å². The van der Waals surface area contributed by atoms with Gasteiger partial charge in [0.05, 0.1) is 40.9 Å². The molecule has 1 fully saturated rings. The average Bonchev–Trinajstić information content (AvgIpc) is 2.22. The molecule has 3 aliphatic heterocycles. The van der Waals surface area contributed by atoms with Crippen molar-refractivity contribution >= 4 is 76.5 Å². The van der Waals surface area contributed by atoms with Crippen molar-refractivity contribution in [1.82, 2.24) is 36.1 Å². The first-order chi connectivity index (χ1) is 40.9. The molecule has 3 aliphatic rings. The maximum absolute atomic E-state index is 14.5. The van der Waals surface area contributed by atoms with Crippen molar-refractivity contribution in [2.75, 3.05) is 18.0 Å². The van der Waals surface area contributed by atoms with Crippen LogP contribution in [0.2, 0.25) is 0 Å². The van der Waals surface area contributed by atoms with Gasteiger partial charge in [-0.3, -0.25) is 38.1 Å². The number of aromatic nitrogens is 2. The molecule has 0 spiro atoms. The summed E-state index contributed by atoms with van der Waals surface area (Å²) in [5.74, 6) is -2.28. The molecule has 6 amide bonds. The van der Waals surface area contributed by atoms with E-state index in [1.54, 1.807) is 16.8 Å². The second kappa shape index (κ2) is 27.0. The van der Waals surface area contributed by atoms with E-state index >= 15 is 0 Å². The fourth-order valence-corrected chi connectivity index (χ4v) is 13.0. The van der Waals surface area contributed by atoms with E-state index in [-0.39, 0.29) is 80.4 Å². The van der Waals surface area contributed by atoms with Crippen molar-refractivity contribution in [2.24, 2.45) is 11.1 Å². The van der Waals surface area contributed by atoms with E-state index in [0.717, 1.165) is 49.6 Å². The number of H-pyrrole nitrogens is 1. The Bertz CT molecular complexity index is 3540. The molecule has 9 rings (SSSR count). The zero-order chi connectivity index (χ0) is 61.6. The monoisotopic (exact) mass is 1210 g/mol. The Labute approximate surface area is 503 Å². The number of thiazole rings is 1. The first-order valence-corrected chi connectivity index (χ1v) is 31.6. The maximum Gasteiger partial charge on any atom is 0.396 e. The Morgan fingerprint density at radius 1 is 0.872 bits per heavy atom. The van der Waals surface area contributed by atoms with Crippen molar-refractivity contribution in [3.8, 4) is 10.4 Å². The lowest BCUT2D eigenvalue weighted by Crippen LogP contribution is -2.57. The summed E-state index contributed by atoms with van der Waals surface area (Å²) in [7, 11) is -5.01. The number of nitrogens with zero attached hydrogens (tertiary/aromatic N) is 3. The number of aromatic amines is 1. The molecule has 6 aromatic rings. The van der Waals surface area contributed by atoms with Crippen LogP contribution in [-0.4, -0.2) is 126 Å². The number of ether oxygens (including phenoxy) is 1. The summed E-state index contributed by atoms with van der Waals surface area (Å²) in [5.41, 5.74) is 13.8. The molecular weight excluding hydrogens is 1140 g/mol. The Hall–Kier alpha value is -7.59. The molecule has 0 radical (unpaired) electrons. The number of β-amino-alcohol motifs (C(OH)–C–C–N with tert-alkyl or cyclic N) is 1. The predicted molar refractivity (Wildman–Crippen MR) is 326 cm³/mol. The number of carbonyl (C=O) groups is 7. The lowest BCUT2D eigenvalue weighted by atomic mass is 9.85. The third kappa shape index (κ3) is 15.3.